The van der Waals surface area contributed by atoms with Crippen molar-refractivity contribution in [1.82, 2.24) is 10.2 Å². The van der Waals surface area contributed by atoms with E-state index in [0.29, 0.717) is 0 Å². The van der Waals surface area contributed by atoms with Crippen LogP contribution >= 0.6 is 0 Å². The number of benzene rings is 1. The van der Waals surface area contributed by atoms with E-state index in [2.05, 4.69) is 42.4 Å². The number of aromatic nitrogens is 2. The molecule has 1 aliphatic rings. The third kappa shape index (κ3) is 1.25. The quantitative estimate of drug-likeness (QED) is 0.671. The molecule has 0 amide bonds. The van der Waals surface area contributed by atoms with Gasteiger partial charge >= 0.3 is 0 Å². The number of aryl methyl sites for hydroxylation is 1. The number of rotatable bonds is 1. The van der Waals surface area contributed by atoms with Crippen LogP contribution in [0.25, 0.3) is 11.3 Å². The SMILES string of the molecule is CNc1n[nH]c2c1Cc1c-2cc(C)c(C)c1C. The van der Waals surface area contributed by atoms with Crippen molar-refractivity contribution >= 4 is 5.82 Å². The van der Waals surface area contributed by atoms with E-state index in [1.165, 1.54) is 39.1 Å². The molecule has 3 rings (SSSR count). The molecular formula is C14H17N3. The van der Waals surface area contributed by atoms with E-state index in [-0.39, 0.29) is 0 Å². The Bertz CT molecular complexity index is 608. The third-order valence-electron chi connectivity index (χ3n) is 4.02. The van der Waals surface area contributed by atoms with Gasteiger partial charge in [0.15, 0.2) is 5.82 Å². The molecule has 0 spiro atoms. The van der Waals surface area contributed by atoms with Gasteiger partial charge in [-0.25, -0.2) is 0 Å². The lowest BCUT2D eigenvalue weighted by Gasteiger charge is -2.11. The Balaban J connectivity index is 2.27. The van der Waals surface area contributed by atoms with Crippen LogP contribution in [-0.2, 0) is 6.42 Å². The minimum Gasteiger partial charge on any atom is -0.371 e. The number of hydrogen-bond donors (Lipinski definition) is 2. The lowest BCUT2D eigenvalue weighted by Crippen LogP contribution is -1.96. The summed E-state index contributed by atoms with van der Waals surface area (Å²) >= 11 is 0. The fourth-order valence-corrected chi connectivity index (χ4v) is 2.73. The van der Waals surface area contributed by atoms with Crippen molar-refractivity contribution < 1.29 is 0 Å². The maximum Gasteiger partial charge on any atom is 0.151 e. The summed E-state index contributed by atoms with van der Waals surface area (Å²) in [5.41, 5.74) is 9.46. The highest BCUT2D eigenvalue weighted by Crippen LogP contribution is 2.41. The minimum absolute atomic E-state index is 0.978. The lowest BCUT2D eigenvalue weighted by molar-refractivity contribution is 1.08. The highest BCUT2D eigenvalue weighted by Gasteiger charge is 2.26. The maximum atomic E-state index is 4.30. The minimum atomic E-state index is 0.978. The molecule has 3 heteroatoms. The number of nitrogens with one attached hydrogen (secondary N) is 2. The van der Waals surface area contributed by atoms with Crippen LogP contribution in [0.1, 0.15) is 27.8 Å². The summed E-state index contributed by atoms with van der Waals surface area (Å²) in [6, 6.07) is 2.28. The average Bonchev–Trinajstić information content (AvgIpc) is 2.86. The number of aromatic amines is 1. The first-order valence-corrected chi connectivity index (χ1v) is 5.98. The summed E-state index contributed by atoms with van der Waals surface area (Å²) < 4.78 is 0. The van der Waals surface area contributed by atoms with E-state index in [1.54, 1.807) is 0 Å². The highest BCUT2D eigenvalue weighted by molar-refractivity contribution is 5.80. The molecule has 0 aliphatic heterocycles. The Morgan fingerprint density at radius 2 is 1.94 bits per heavy atom. The Hall–Kier alpha value is -1.77. The molecule has 88 valence electrons. The fraction of sp³-hybridized carbons (Fsp3) is 0.357. The van der Waals surface area contributed by atoms with Gasteiger partial charge in [-0.1, -0.05) is 0 Å². The summed E-state index contributed by atoms with van der Waals surface area (Å²) in [4.78, 5) is 0. The molecule has 2 aromatic rings. The summed E-state index contributed by atoms with van der Waals surface area (Å²) in [7, 11) is 1.92. The third-order valence-corrected chi connectivity index (χ3v) is 4.02. The fourth-order valence-electron chi connectivity index (χ4n) is 2.73. The second-order valence-corrected chi connectivity index (χ2v) is 4.82. The molecule has 1 aromatic carbocycles. The number of hydrogen-bond acceptors (Lipinski definition) is 2. The Labute approximate surface area is 101 Å². The molecule has 1 aliphatic carbocycles. The van der Waals surface area contributed by atoms with E-state index in [4.69, 9.17) is 0 Å². The Kier molecular flexibility index (Phi) is 2.05. The molecular weight excluding hydrogens is 210 g/mol. The summed E-state index contributed by atoms with van der Waals surface area (Å²) in [6.07, 6.45) is 0.990. The van der Waals surface area contributed by atoms with Gasteiger partial charge in [0.1, 0.15) is 0 Å². The summed E-state index contributed by atoms with van der Waals surface area (Å²) in [5.74, 6) is 0.978. The largest absolute Gasteiger partial charge is 0.371 e. The molecule has 0 saturated carbocycles. The number of H-pyrrole nitrogens is 1. The van der Waals surface area contributed by atoms with Crippen LogP contribution in [0.2, 0.25) is 0 Å². The molecule has 1 heterocycles. The van der Waals surface area contributed by atoms with E-state index in [9.17, 15) is 0 Å². The predicted octanol–water partition coefficient (Wildman–Crippen LogP) is 2.95. The van der Waals surface area contributed by atoms with Gasteiger partial charge < -0.3 is 5.32 Å². The van der Waals surface area contributed by atoms with Crippen molar-refractivity contribution in [2.75, 3.05) is 12.4 Å². The monoisotopic (exact) mass is 227 g/mol. The molecule has 1 aromatic heterocycles. The van der Waals surface area contributed by atoms with Crippen molar-refractivity contribution in [1.29, 1.82) is 0 Å². The molecule has 0 saturated heterocycles. The number of fused-ring (bicyclic) bond motifs is 3. The van der Waals surface area contributed by atoms with Gasteiger partial charge in [-0.15, -0.1) is 0 Å². The van der Waals surface area contributed by atoms with Gasteiger partial charge in [-0.3, -0.25) is 5.10 Å². The van der Waals surface area contributed by atoms with Gasteiger partial charge in [0, 0.05) is 24.6 Å². The van der Waals surface area contributed by atoms with Crippen molar-refractivity contribution in [2.24, 2.45) is 0 Å². The topological polar surface area (TPSA) is 40.7 Å². The zero-order valence-electron chi connectivity index (χ0n) is 10.7. The zero-order chi connectivity index (χ0) is 12.2. The molecule has 17 heavy (non-hydrogen) atoms. The molecule has 0 fully saturated rings. The van der Waals surface area contributed by atoms with Crippen LogP contribution in [0.5, 0.6) is 0 Å². The lowest BCUT2D eigenvalue weighted by atomic mass is 9.95. The highest BCUT2D eigenvalue weighted by atomic mass is 15.2. The first-order chi connectivity index (χ1) is 8.13. The summed E-state index contributed by atoms with van der Waals surface area (Å²) in [6.45, 7) is 6.60. The van der Waals surface area contributed by atoms with E-state index < -0.39 is 0 Å². The van der Waals surface area contributed by atoms with Crippen LogP contribution in [0.15, 0.2) is 6.07 Å². The van der Waals surface area contributed by atoms with Crippen LogP contribution in [-0.4, -0.2) is 17.2 Å². The maximum absolute atomic E-state index is 4.30. The second kappa shape index (κ2) is 3.36. The van der Waals surface area contributed by atoms with Crippen LogP contribution in [0.4, 0.5) is 5.82 Å². The predicted molar refractivity (Wildman–Crippen MR) is 70.6 cm³/mol. The molecule has 0 radical (unpaired) electrons. The normalized spacial score (nSPS) is 12.5. The Morgan fingerprint density at radius 3 is 2.65 bits per heavy atom. The molecule has 0 unspecified atom stereocenters. The van der Waals surface area contributed by atoms with E-state index >= 15 is 0 Å². The zero-order valence-corrected chi connectivity index (χ0v) is 10.7. The Morgan fingerprint density at radius 1 is 1.18 bits per heavy atom. The average molecular weight is 227 g/mol. The second-order valence-electron chi connectivity index (χ2n) is 4.82. The van der Waals surface area contributed by atoms with Gasteiger partial charge in [-0.05, 0) is 49.1 Å². The van der Waals surface area contributed by atoms with Crippen LogP contribution < -0.4 is 5.32 Å². The van der Waals surface area contributed by atoms with E-state index in [1.807, 2.05) is 7.05 Å². The van der Waals surface area contributed by atoms with Crippen LogP contribution in [0, 0.1) is 20.8 Å². The number of nitrogens with zero attached hydrogens (tertiary/aromatic N) is 1. The first-order valence-electron chi connectivity index (χ1n) is 5.98. The van der Waals surface area contributed by atoms with Crippen molar-refractivity contribution in [3.05, 3.63) is 33.9 Å². The number of anilines is 1. The van der Waals surface area contributed by atoms with Crippen molar-refractivity contribution in [3.63, 3.8) is 0 Å². The smallest absolute Gasteiger partial charge is 0.151 e. The molecule has 3 nitrogen and oxygen atoms in total. The standard InChI is InChI=1S/C14H17N3/c1-7-5-11-10(9(3)8(7)2)6-12-13(11)16-17-14(12)15-4/h5H,6H2,1-4H3,(H2,15,16,17). The summed E-state index contributed by atoms with van der Waals surface area (Å²) in [5, 5.41) is 10.6. The van der Waals surface area contributed by atoms with Crippen molar-refractivity contribution in [3.8, 4) is 11.3 Å². The molecule has 0 bridgehead atoms. The molecule has 2 N–H and O–H groups in total. The van der Waals surface area contributed by atoms with Gasteiger partial charge in [-0.2, -0.15) is 5.10 Å². The van der Waals surface area contributed by atoms with Crippen molar-refractivity contribution in [2.45, 2.75) is 27.2 Å². The van der Waals surface area contributed by atoms with Gasteiger partial charge in [0.2, 0.25) is 0 Å². The van der Waals surface area contributed by atoms with Gasteiger partial charge in [0.25, 0.3) is 0 Å². The van der Waals surface area contributed by atoms with Gasteiger partial charge in [0.05, 0.1) is 5.69 Å². The first kappa shape index (κ1) is 10.4. The van der Waals surface area contributed by atoms with E-state index in [0.717, 1.165) is 12.2 Å². The van der Waals surface area contributed by atoms with Crippen LogP contribution in [0.3, 0.4) is 0 Å². The molecule has 0 atom stereocenters.